The first-order valence-electron chi connectivity index (χ1n) is 13.4. The quantitative estimate of drug-likeness (QED) is 0.476. The Hall–Kier alpha value is -2.28. The molecule has 1 N–H and O–H groups in total. The predicted octanol–water partition coefficient (Wildman–Crippen LogP) is 6.57. The van der Waals surface area contributed by atoms with Gasteiger partial charge in [0.05, 0.1) is 10.6 Å². The maximum absolute atomic E-state index is 12.3. The number of nitrogens with zero attached hydrogens (tertiary/aromatic N) is 3. The van der Waals surface area contributed by atoms with Crippen molar-refractivity contribution in [2.24, 2.45) is 28.6 Å². The number of carbonyl (C=O) groups excluding carboxylic acids is 1. The summed E-state index contributed by atoms with van der Waals surface area (Å²) in [6.45, 7) is 6.98. The van der Waals surface area contributed by atoms with E-state index in [0.29, 0.717) is 30.1 Å². The van der Waals surface area contributed by atoms with E-state index in [1.807, 2.05) is 13.0 Å². The number of thiazole rings is 1. The summed E-state index contributed by atoms with van der Waals surface area (Å²) in [5.41, 5.74) is 3.07. The molecule has 2 aromatic heterocycles. The second-order valence-electron chi connectivity index (χ2n) is 11.5. The molecule has 0 unspecified atom stereocenters. The van der Waals surface area contributed by atoms with Crippen LogP contribution in [0.25, 0.3) is 5.57 Å². The maximum Gasteiger partial charge on any atom is 0.306 e. The topological polar surface area (TPSA) is 77.0 Å². The first kappa shape index (κ1) is 23.1. The van der Waals surface area contributed by atoms with Gasteiger partial charge in [-0.05, 0) is 86.2 Å². The maximum atomic E-state index is 12.3. The molecule has 0 saturated heterocycles. The highest BCUT2D eigenvalue weighted by Gasteiger charge is 2.60. The third-order valence-electron chi connectivity index (χ3n) is 9.71. The average Bonchev–Trinajstić information content (AvgIpc) is 3.40. The van der Waals surface area contributed by atoms with Crippen LogP contribution in [-0.2, 0) is 16.0 Å². The molecule has 186 valence electrons. The van der Waals surface area contributed by atoms with Crippen LogP contribution in [0.3, 0.4) is 0 Å². The Morgan fingerprint density at radius 3 is 2.80 bits per heavy atom. The first-order chi connectivity index (χ1) is 16.9. The molecule has 6 atom stereocenters. The summed E-state index contributed by atoms with van der Waals surface area (Å²) in [6.07, 6.45) is 15.5. The third-order valence-corrected chi connectivity index (χ3v) is 10.8. The standard InChI is InChI=1S/C28H36N4O2S/c1-4-6-23(33)34-22-10-9-18-17-7-8-20-24-21(31-26(35-24)32-25-29-15-5-16-30-25)12-14-27(20,2)19(17)11-13-28(18,22)3/h5,8,15-19,22H,4,6-7,9-14H2,1-3H3,(H,29,30,31,32)/t17-,18-,19-,22-,27+,28-/m0/s1. The minimum Gasteiger partial charge on any atom is -0.462 e. The molecule has 6 rings (SSSR count). The molecule has 4 aliphatic carbocycles. The number of aryl methyl sites for hydroxylation is 1. The number of allylic oxidation sites excluding steroid dienone is 2. The molecule has 0 spiro atoms. The lowest BCUT2D eigenvalue weighted by Gasteiger charge is -2.56. The molecule has 7 heteroatoms. The molecule has 0 aromatic carbocycles. The second kappa shape index (κ2) is 8.68. The molecular formula is C28H36N4O2S. The molecule has 2 heterocycles. The summed E-state index contributed by atoms with van der Waals surface area (Å²) in [4.78, 5) is 27.2. The zero-order valence-electron chi connectivity index (χ0n) is 21.0. The molecule has 0 aliphatic heterocycles. The van der Waals surface area contributed by atoms with Gasteiger partial charge in [0.25, 0.3) is 0 Å². The number of rotatable bonds is 5. The Bertz CT molecular complexity index is 1150. The van der Waals surface area contributed by atoms with Gasteiger partial charge in [0, 0.05) is 24.2 Å². The summed E-state index contributed by atoms with van der Waals surface area (Å²) in [5.74, 6) is 2.61. The number of fused-ring (bicyclic) bond motifs is 7. The van der Waals surface area contributed by atoms with Gasteiger partial charge >= 0.3 is 5.97 Å². The van der Waals surface area contributed by atoms with E-state index in [0.717, 1.165) is 37.2 Å². The van der Waals surface area contributed by atoms with Gasteiger partial charge < -0.3 is 10.1 Å². The Morgan fingerprint density at radius 2 is 2.00 bits per heavy atom. The Balaban J connectivity index is 1.26. The zero-order valence-corrected chi connectivity index (χ0v) is 21.9. The van der Waals surface area contributed by atoms with Crippen LogP contribution in [0.5, 0.6) is 0 Å². The lowest BCUT2D eigenvalue weighted by atomic mass is 9.48. The monoisotopic (exact) mass is 492 g/mol. The highest BCUT2D eigenvalue weighted by molar-refractivity contribution is 7.16. The normalized spacial score (nSPS) is 35.2. The molecule has 2 aromatic rings. The number of hydrogen-bond acceptors (Lipinski definition) is 7. The largest absolute Gasteiger partial charge is 0.462 e. The summed E-state index contributed by atoms with van der Waals surface area (Å²) in [6, 6.07) is 1.82. The number of hydrogen-bond donors (Lipinski definition) is 1. The Kier molecular flexibility index (Phi) is 5.74. The van der Waals surface area contributed by atoms with Crippen molar-refractivity contribution in [2.45, 2.75) is 84.7 Å². The molecule has 0 amide bonds. The number of esters is 1. The zero-order chi connectivity index (χ0) is 24.2. The van der Waals surface area contributed by atoms with Gasteiger partial charge in [-0.3, -0.25) is 4.79 Å². The SMILES string of the molecule is CCCC(=O)O[C@H]1CC[C@H]2[C@@H]3CC=C4c5sc(Nc6ncccn6)nc5CC[C@]4(C)[C@H]3CC[C@]12C. The smallest absolute Gasteiger partial charge is 0.306 e. The summed E-state index contributed by atoms with van der Waals surface area (Å²) >= 11 is 1.76. The molecule has 2 fully saturated rings. The van der Waals surface area contributed by atoms with Crippen molar-refractivity contribution >= 4 is 34.0 Å². The van der Waals surface area contributed by atoms with Crippen LogP contribution >= 0.6 is 11.3 Å². The lowest BCUT2D eigenvalue weighted by Crippen LogP contribution is -2.50. The molecular weight excluding hydrogens is 456 g/mol. The molecule has 4 aliphatic rings. The lowest BCUT2D eigenvalue weighted by molar-refractivity contribution is -0.159. The van der Waals surface area contributed by atoms with Crippen molar-refractivity contribution in [1.82, 2.24) is 15.0 Å². The van der Waals surface area contributed by atoms with E-state index in [2.05, 4.69) is 35.2 Å². The Morgan fingerprint density at radius 1 is 1.17 bits per heavy atom. The Labute approximate surface area is 212 Å². The van der Waals surface area contributed by atoms with E-state index in [1.165, 1.54) is 35.4 Å². The van der Waals surface area contributed by atoms with E-state index in [9.17, 15) is 4.79 Å². The number of aromatic nitrogens is 3. The van der Waals surface area contributed by atoms with Gasteiger partial charge in [-0.1, -0.05) is 38.2 Å². The van der Waals surface area contributed by atoms with Gasteiger partial charge in [0.2, 0.25) is 5.95 Å². The fourth-order valence-corrected chi connectivity index (χ4v) is 9.14. The van der Waals surface area contributed by atoms with Gasteiger partial charge in [-0.25, -0.2) is 15.0 Å². The van der Waals surface area contributed by atoms with Crippen LogP contribution in [0.1, 0.15) is 82.7 Å². The molecule has 6 nitrogen and oxygen atoms in total. The minimum absolute atomic E-state index is 0.00499. The minimum atomic E-state index is -0.00499. The van der Waals surface area contributed by atoms with E-state index in [4.69, 9.17) is 9.72 Å². The molecule has 0 radical (unpaired) electrons. The van der Waals surface area contributed by atoms with Crippen molar-refractivity contribution < 1.29 is 9.53 Å². The van der Waals surface area contributed by atoms with Crippen LogP contribution in [0, 0.1) is 28.6 Å². The second-order valence-corrected chi connectivity index (χ2v) is 12.5. The van der Waals surface area contributed by atoms with Gasteiger partial charge in [-0.2, -0.15) is 0 Å². The number of nitrogens with one attached hydrogen (secondary N) is 1. The van der Waals surface area contributed by atoms with Gasteiger partial charge in [0.15, 0.2) is 5.13 Å². The van der Waals surface area contributed by atoms with Crippen molar-refractivity contribution in [3.63, 3.8) is 0 Å². The van der Waals surface area contributed by atoms with E-state index in [-0.39, 0.29) is 22.9 Å². The van der Waals surface area contributed by atoms with E-state index in [1.54, 1.807) is 23.7 Å². The van der Waals surface area contributed by atoms with Gasteiger partial charge in [0.1, 0.15) is 6.10 Å². The van der Waals surface area contributed by atoms with Crippen molar-refractivity contribution in [3.05, 3.63) is 35.1 Å². The van der Waals surface area contributed by atoms with Crippen molar-refractivity contribution in [2.75, 3.05) is 5.32 Å². The molecule has 2 saturated carbocycles. The first-order valence-corrected chi connectivity index (χ1v) is 14.2. The van der Waals surface area contributed by atoms with Crippen molar-refractivity contribution in [1.29, 1.82) is 0 Å². The number of anilines is 2. The predicted molar refractivity (Wildman–Crippen MR) is 138 cm³/mol. The third kappa shape index (κ3) is 3.73. The van der Waals surface area contributed by atoms with E-state index >= 15 is 0 Å². The van der Waals surface area contributed by atoms with Crippen LogP contribution in [0.4, 0.5) is 11.1 Å². The van der Waals surface area contributed by atoms with Crippen LogP contribution in [-0.4, -0.2) is 27.0 Å². The number of carbonyl (C=O) groups is 1. The highest BCUT2D eigenvalue weighted by atomic mass is 32.1. The fraction of sp³-hybridized carbons (Fsp3) is 0.643. The summed E-state index contributed by atoms with van der Waals surface area (Å²) < 4.78 is 6.06. The van der Waals surface area contributed by atoms with Crippen LogP contribution < -0.4 is 5.32 Å². The molecule has 0 bridgehead atoms. The van der Waals surface area contributed by atoms with Crippen molar-refractivity contribution in [3.8, 4) is 0 Å². The van der Waals surface area contributed by atoms with Gasteiger partial charge in [-0.15, -0.1) is 0 Å². The molecule has 35 heavy (non-hydrogen) atoms. The van der Waals surface area contributed by atoms with E-state index < -0.39 is 0 Å². The number of ether oxygens (including phenoxy) is 1. The summed E-state index contributed by atoms with van der Waals surface area (Å²) in [5, 5.41) is 4.19. The summed E-state index contributed by atoms with van der Waals surface area (Å²) in [7, 11) is 0. The van der Waals surface area contributed by atoms with Crippen LogP contribution in [0.2, 0.25) is 0 Å². The fourth-order valence-electron chi connectivity index (χ4n) is 7.96. The highest BCUT2D eigenvalue weighted by Crippen LogP contribution is 2.66. The van der Waals surface area contributed by atoms with Crippen LogP contribution in [0.15, 0.2) is 24.5 Å². The average molecular weight is 493 g/mol.